The highest BCUT2D eigenvalue weighted by molar-refractivity contribution is 5.76. The Morgan fingerprint density at radius 3 is 2.05 bits per heavy atom. The van der Waals surface area contributed by atoms with Gasteiger partial charge in [-0.05, 0) is 34.6 Å². The fraction of sp³-hybridized carbons (Fsp3) is 0.846. The third-order valence-corrected chi connectivity index (χ3v) is 2.70. The van der Waals surface area contributed by atoms with E-state index in [1.165, 1.54) is 11.8 Å². The molecule has 1 amide bonds. The van der Waals surface area contributed by atoms with Crippen molar-refractivity contribution in [2.45, 2.75) is 65.4 Å². The van der Waals surface area contributed by atoms with Gasteiger partial charge in [0.2, 0.25) is 5.91 Å². The van der Waals surface area contributed by atoms with E-state index in [4.69, 9.17) is 4.74 Å². The van der Waals surface area contributed by atoms with Crippen molar-refractivity contribution in [2.75, 3.05) is 6.54 Å². The summed E-state index contributed by atoms with van der Waals surface area (Å²) in [4.78, 5) is 24.4. The molecule has 2 N–H and O–H groups in total. The van der Waals surface area contributed by atoms with E-state index in [2.05, 4.69) is 0 Å². The standard InChI is InChI=1S/C13H25NO5/c1-7-14(9(3)15)8(2)10(16)11(17)12(18)19-13(4,5)6/h8,10-11,16-17H,7H2,1-6H3. The van der Waals surface area contributed by atoms with Gasteiger partial charge in [0.25, 0.3) is 0 Å². The third-order valence-electron chi connectivity index (χ3n) is 2.70. The molecule has 6 heteroatoms. The van der Waals surface area contributed by atoms with Gasteiger partial charge in [-0.25, -0.2) is 4.79 Å². The topological polar surface area (TPSA) is 87.1 Å². The summed E-state index contributed by atoms with van der Waals surface area (Å²) in [6.07, 6.45) is -3.07. The highest BCUT2D eigenvalue weighted by atomic mass is 16.6. The van der Waals surface area contributed by atoms with E-state index in [9.17, 15) is 19.8 Å². The first-order valence-corrected chi connectivity index (χ1v) is 6.37. The molecule has 0 aromatic heterocycles. The lowest BCUT2D eigenvalue weighted by atomic mass is 10.0. The van der Waals surface area contributed by atoms with Gasteiger partial charge in [0.05, 0.1) is 6.04 Å². The normalized spacial score (nSPS) is 16.4. The Labute approximate surface area is 114 Å². The average molecular weight is 275 g/mol. The van der Waals surface area contributed by atoms with Crippen LogP contribution in [-0.2, 0) is 14.3 Å². The number of ether oxygens (including phenoxy) is 1. The minimum absolute atomic E-state index is 0.231. The van der Waals surface area contributed by atoms with Crippen LogP contribution in [0.5, 0.6) is 0 Å². The predicted molar refractivity (Wildman–Crippen MR) is 70.4 cm³/mol. The fourth-order valence-electron chi connectivity index (χ4n) is 1.75. The molecular formula is C13H25NO5. The molecule has 0 heterocycles. The molecule has 0 radical (unpaired) electrons. The summed E-state index contributed by atoms with van der Waals surface area (Å²) < 4.78 is 4.99. The Bertz CT molecular complexity index is 323. The van der Waals surface area contributed by atoms with Gasteiger partial charge in [0.15, 0.2) is 6.10 Å². The SMILES string of the molecule is CCN(C(C)=O)C(C)C(O)C(O)C(=O)OC(C)(C)C. The van der Waals surface area contributed by atoms with E-state index in [-0.39, 0.29) is 5.91 Å². The van der Waals surface area contributed by atoms with Crippen molar-refractivity contribution in [3.63, 3.8) is 0 Å². The van der Waals surface area contributed by atoms with E-state index >= 15 is 0 Å². The van der Waals surface area contributed by atoms with Crippen LogP contribution in [0.4, 0.5) is 0 Å². The zero-order chi connectivity index (χ0) is 15.4. The smallest absolute Gasteiger partial charge is 0.338 e. The molecule has 3 unspecified atom stereocenters. The number of aliphatic hydroxyl groups is 2. The molecule has 0 bridgehead atoms. The first kappa shape index (κ1) is 17.9. The summed E-state index contributed by atoms with van der Waals surface area (Å²) in [6, 6.07) is -0.676. The number of esters is 1. The Morgan fingerprint density at radius 2 is 1.74 bits per heavy atom. The fourth-order valence-corrected chi connectivity index (χ4v) is 1.75. The van der Waals surface area contributed by atoms with Gasteiger partial charge in [0, 0.05) is 13.5 Å². The minimum atomic E-state index is -1.68. The molecule has 0 spiro atoms. The zero-order valence-corrected chi connectivity index (χ0v) is 12.5. The number of rotatable bonds is 5. The van der Waals surface area contributed by atoms with Crippen molar-refractivity contribution in [1.29, 1.82) is 0 Å². The maximum atomic E-state index is 11.6. The monoisotopic (exact) mass is 275 g/mol. The van der Waals surface area contributed by atoms with Crippen molar-refractivity contribution in [2.24, 2.45) is 0 Å². The van der Waals surface area contributed by atoms with Crippen LogP contribution in [0.3, 0.4) is 0 Å². The van der Waals surface area contributed by atoms with Crippen LogP contribution in [-0.4, -0.2) is 57.4 Å². The number of nitrogens with zero attached hydrogens (tertiary/aromatic N) is 1. The van der Waals surface area contributed by atoms with Crippen LogP contribution in [0.25, 0.3) is 0 Å². The molecule has 3 atom stereocenters. The Balaban J connectivity index is 4.76. The number of aliphatic hydroxyl groups excluding tert-OH is 2. The molecule has 6 nitrogen and oxygen atoms in total. The van der Waals surface area contributed by atoms with E-state index in [1.54, 1.807) is 34.6 Å². The van der Waals surface area contributed by atoms with Gasteiger partial charge in [-0.3, -0.25) is 4.79 Å². The van der Waals surface area contributed by atoms with Crippen molar-refractivity contribution in [1.82, 2.24) is 4.90 Å². The van der Waals surface area contributed by atoms with Gasteiger partial charge < -0.3 is 19.8 Å². The molecule has 0 rings (SSSR count). The number of hydrogen-bond acceptors (Lipinski definition) is 5. The second kappa shape index (κ2) is 6.86. The van der Waals surface area contributed by atoms with Crippen LogP contribution >= 0.6 is 0 Å². The molecule has 0 aliphatic rings. The lowest BCUT2D eigenvalue weighted by Gasteiger charge is -2.33. The summed E-state index contributed by atoms with van der Waals surface area (Å²) in [5.74, 6) is -1.13. The molecule has 0 aliphatic heterocycles. The maximum Gasteiger partial charge on any atom is 0.338 e. The highest BCUT2D eigenvalue weighted by Gasteiger charge is 2.35. The first-order chi connectivity index (χ1) is 8.51. The van der Waals surface area contributed by atoms with Crippen LogP contribution in [0.1, 0.15) is 41.5 Å². The first-order valence-electron chi connectivity index (χ1n) is 6.37. The van der Waals surface area contributed by atoms with Gasteiger partial charge in [-0.1, -0.05) is 0 Å². The lowest BCUT2D eigenvalue weighted by molar-refractivity contribution is -0.174. The Morgan fingerprint density at radius 1 is 1.26 bits per heavy atom. The molecule has 0 aliphatic carbocycles. The van der Waals surface area contributed by atoms with Gasteiger partial charge >= 0.3 is 5.97 Å². The summed E-state index contributed by atoms with van der Waals surface area (Å²) in [7, 11) is 0. The zero-order valence-electron chi connectivity index (χ0n) is 12.5. The van der Waals surface area contributed by atoms with Crippen molar-refractivity contribution >= 4 is 11.9 Å². The highest BCUT2D eigenvalue weighted by Crippen LogP contribution is 2.14. The second-order valence-electron chi connectivity index (χ2n) is 5.51. The number of likely N-dealkylation sites (N-methyl/N-ethyl adjacent to an activating group) is 1. The van der Waals surface area contributed by atoms with Crippen LogP contribution in [0.15, 0.2) is 0 Å². The summed E-state index contributed by atoms with van der Waals surface area (Å²) in [6.45, 7) is 10.1. The third kappa shape index (κ3) is 5.57. The van der Waals surface area contributed by atoms with Crippen LogP contribution in [0, 0.1) is 0 Å². The summed E-state index contributed by atoms with van der Waals surface area (Å²) in [5, 5.41) is 19.7. The van der Waals surface area contributed by atoms with Crippen LogP contribution < -0.4 is 0 Å². The van der Waals surface area contributed by atoms with E-state index in [1.807, 2.05) is 0 Å². The van der Waals surface area contributed by atoms with Gasteiger partial charge in [-0.2, -0.15) is 0 Å². The molecule has 0 fully saturated rings. The number of hydrogen-bond donors (Lipinski definition) is 2. The van der Waals surface area contributed by atoms with Crippen molar-refractivity contribution in [3.05, 3.63) is 0 Å². The maximum absolute atomic E-state index is 11.6. The summed E-state index contributed by atoms with van der Waals surface area (Å²) in [5.41, 5.74) is -0.744. The molecule has 0 aromatic rings. The molecule has 112 valence electrons. The lowest BCUT2D eigenvalue weighted by Crippen LogP contribution is -2.52. The average Bonchev–Trinajstić information content (AvgIpc) is 2.24. The quantitative estimate of drug-likeness (QED) is 0.705. The molecule has 0 saturated carbocycles. The second-order valence-corrected chi connectivity index (χ2v) is 5.51. The van der Waals surface area contributed by atoms with Gasteiger partial charge in [-0.15, -0.1) is 0 Å². The number of carbonyl (C=O) groups excluding carboxylic acids is 2. The molecular weight excluding hydrogens is 250 g/mol. The van der Waals surface area contributed by atoms with Crippen molar-refractivity contribution in [3.8, 4) is 0 Å². The predicted octanol–water partition coefficient (Wildman–Crippen LogP) is 0.307. The molecule has 19 heavy (non-hydrogen) atoms. The van der Waals surface area contributed by atoms with Crippen molar-refractivity contribution < 1.29 is 24.5 Å². The number of amides is 1. The summed E-state index contributed by atoms with van der Waals surface area (Å²) >= 11 is 0. The number of carbonyl (C=O) groups is 2. The Hall–Kier alpha value is -1.14. The molecule has 0 saturated heterocycles. The van der Waals surface area contributed by atoms with Gasteiger partial charge in [0.1, 0.15) is 11.7 Å². The van der Waals surface area contributed by atoms with E-state index < -0.39 is 29.8 Å². The minimum Gasteiger partial charge on any atom is -0.458 e. The Kier molecular flexibility index (Phi) is 6.45. The largest absolute Gasteiger partial charge is 0.458 e. The van der Waals surface area contributed by atoms with Crippen LogP contribution in [0.2, 0.25) is 0 Å². The van der Waals surface area contributed by atoms with E-state index in [0.717, 1.165) is 0 Å². The molecule has 0 aromatic carbocycles. The van der Waals surface area contributed by atoms with E-state index in [0.29, 0.717) is 6.54 Å².